The van der Waals surface area contributed by atoms with Gasteiger partial charge in [-0.25, -0.2) is 0 Å². The van der Waals surface area contributed by atoms with E-state index in [1.807, 2.05) is 0 Å². The van der Waals surface area contributed by atoms with Crippen LogP contribution in [0.1, 0.15) is 12.8 Å². The highest BCUT2D eigenvalue weighted by Gasteiger charge is 2.49. The molecule has 0 saturated heterocycles. The second-order valence-electron chi connectivity index (χ2n) is 3.96. The summed E-state index contributed by atoms with van der Waals surface area (Å²) in [7, 11) is 0. The lowest BCUT2D eigenvalue weighted by Crippen LogP contribution is -2.44. The maximum absolute atomic E-state index is 9.61. The van der Waals surface area contributed by atoms with Crippen molar-refractivity contribution in [2.75, 3.05) is 6.54 Å². The number of rotatable bonds is 1. The second kappa shape index (κ2) is 2.44. The van der Waals surface area contributed by atoms with E-state index >= 15 is 0 Å². The van der Waals surface area contributed by atoms with Crippen molar-refractivity contribution in [3.8, 4) is 0 Å². The summed E-state index contributed by atoms with van der Waals surface area (Å²) in [6.45, 7) is 0.713. The Morgan fingerprint density at radius 3 is 2.55 bits per heavy atom. The fraction of sp³-hybridized carbons (Fsp3) is 1.00. The summed E-state index contributed by atoms with van der Waals surface area (Å²) in [4.78, 5) is 0. The average molecular weight is 156 g/mol. The van der Waals surface area contributed by atoms with Gasteiger partial charge in [0.25, 0.3) is 0 Å². The summed E-state index contributed by atoms with van der Waals surface area (Å²) in [5.74, 6) is 1.48. The van der Waals surface area contributed by atoms with Gasteiger partial charge in [0.15, 0.2) is 0 Å². The van der Waals surface area contributed by atoms with E-state index in [-0.39, 0.29) is 12.1 Å². The Kier molecular flexibility index (Phi) is 1.67. The van der Waals surface area contributed by atoms with Crippen molar-refractivity contribution < 1.29 is 5.11 Å². The van der Waals surface area contributed by atoms with E-state index in [9.17, 15) is 5.11 Å². The van der Waals surface area contributed by atoms with Gasteiger partial charge in [-0.1, -0.05) is 0 Å². The van der Waals surface area contributed by atoms with Gasteiger partial charge in [-0.05, 0) is 37.1 Å². The van der Waals surface area contributed by atoms with Gasteiger partial charge >= 0.3 is 0 Å². The van der Waals surface area contributed by atoms with Crippen LogP contribution in [0.3, 0.4) is 0 Å². The highest BCUT2D eigenvalue weighted by Crippen LogP contribution is 2.47. The molecule has 2 fully saturated rings. The van der Waals surface area contributed by atoms with Crippen LogP contribution < -0.4 is 11.5 Å². The number of nitrogens with two attached hydrogens (primary N) is 2. The Labute approximate surface area is 66.8 Å². The lowest BCUT2D eigenvalue weighted by atomic mass is 9.84. The molecule has 11 heavy (non-hydrogen) atoms. The minimum absolute atomic E-state index is 0.0304. The highest BCUT2D eigenvalue weighted by atomic mass is 16.3. The zero-order valence-electron chi connectivity index (χ0n) is 6.61. The molecular weight excluding hydrogens is 140 g/mol. The standard InChI is InChI=1S/C8H16N2O/c9-3-5-1-4-2-6(5)8(11)7(4)10/h4-8,11H,1-3,9-10H2. The van der Waals surface area contributed by atoms with Crippen molar-refractivity contribution >= 4 is 0 Å². The van der Waals surface area contributed by atoms with Gasteiger partial charge in [-0.2, -0.15) is 0 Å². The van der Waals surface area contributed by atoms with Crippen LogP contribution >= 0.6 is 0 Å². The van der Waals surface area contributed by atoms with Crippen molar-refractivity contribution in [1.29, 1.82) is 0 Å². The average Bonchev–Trinajstić information content (AvgIpc) is 2.53. The largest absolute Gasteiger partial charge is 0.391 e. The molecular formula is C8H16N2O. The number of hydrogen-bond donors (Lipinski definition) is 3. The van der Waals surface area contributed by atoms with E-state index in [0.717, 1.165) is 12.8 Å². The van der Waals surface area contributed by atoms with Crippen molar-refractivity contribution in [1.82, 2.24) is 0 Å². The molecule has 0 aromatic carbocycles. The lowest BCUT2D eigenvalue weighted by molar-refractivity contribution is 0.0662. The molecule has 2 saturated carbocycles. The Bertz CT molecular complexity index is 156. The normalized spacial score (nSPS) is 55.4. The van der Waals surface area contributed by atoms with Crippen LogP contribution in [0, 0.1) is 17.8 Å². The third kappa shape index (κ3) is 0.916. The second-order valence-corrected chi connectivity index (χ2v) is 3.96. The molecule has 0 heterocycles. The Balaban J connectivity index is 2.10. The van der Waals surface area contributed by atoms with Gasteiger partial charge in [0.2, 0.25) is 0 Å². The van der Waals surface area contributed by atoms with Crippen molar-refractivity contribution in [3.05, 3.63) is 0 Å². The Hall–Kier alpha value is -0.120. The van der Waals surface area contributed by atoms with Gasteiger partial charge in [0, 0.05) is 6.04 Å². The van der Waals surface area contributed by atoms with Gasteiger partial charge in [-0.3, -0.25) is 0 Å². The summed E-state index contributed by atoms with van der Waals surface area (Å²) in [6.07, 6.45) is 1.96. The van der Waals surface area contributed by atoms with E-state index < -0.39 is 0 Å². The first kappa shape index (κ1) is 7.53. The Morgan fingerprint density at radius 2 is 2.09 bits per heavy atom. The number of fused-ring (bicyclic) bond motifs is 2. The minimum Gasteiger partial charge on any atom is -0.391 e. The smallest absolute Gasteiger partial charge is 0.0725 e. The predicted octanol–water partition coefficient (Wildman–Crippen LogP) is -0.711. The van der Waals surface area contributed by atoms with Crippen LogP contribution in [0.2, 0.25) is 0 Å². The first-order valence-corrected chi connectivity index (χ1v) is 4.37. The molecule has 0 aliphatic heterocycles. The molecule has 5 unspecified atom stereocenters. The molecule has 0 amide bonds. The summed E-state index contributed by atoms with van der Waals surface area (Å²) in [5.41, 5.74) is 11.4. The lowest BCUT2D eigenvalue weighted by Gasteiger charge is -2.29. The molecule has 5 N–H and O–H groups in total. The zero-order chi connectivity index (χ0) is 8.01. The topological polar surface area (TPSA) is 72.3 Å². The van der Waals surface area contributed by atoms with Crippen molar-refractivity contribution in [2.24, 2.45) is 29.2 Å². The first-order valence-electron chi connectivity index (χ1n) is 4.37. The van der Waals surface area contributed by atoms with Crippen LogP contribution in [0.15, 0.2) is 0 Å². The number of aliphatic hydroxyl groups is 1. The maximum Gasteiger partial charge on any atom is 0.0725 e. The summed E-state index contributed by atoms with van der Waals surface area (Å²) >= 11 is 0. The van der Waals surface area contributed by atoms with Gasteiger partial charge in [0.05, 0.1) is 6.10 Å². The molecule has 2 rings (SSSR count). The molecule has 2 bridgehead atoms. The van der Waals surface area contributed by atoms with Gasteiger partial charge in [-0.15, -0.1) is 0 Å². The quantitative estimate of drug-likeness (QED) is 0.469. The van der Waals surface area contributed by atoms with Crippen LogP contribution in [0.4, 0.5) is 0 Å². The fourth-order valence-corrected chi connectivity index (χ4v) is 2.77. The summed E-state index contributed by atoms with van der Waals surface area (Å²) in [5, 5.41) is 9.61. The monoisotopic (exact) mass is 156 g/mol. The van der Waals surface area contributed by atoms with E-state index in [2.05, 4.69) is 0 Å². The highest BCUT2D eigenvalue weighted by molar-refractivity contribution is 5.03. The SMILES string of the molecule is NCC1CC2CC1C(O)C2N. The van der Waals surface area contributed by atoms with E-state index in [1.54, 1.807) is 0 Å². The molecule has 0 aromatic heterocycles. The molecule has 3 nitrogen and oxygen atoms in total. The molecule has 3 heteroatoms. The molecule has 64 valence electrons. The zero-order valence-corrected chi connectivity index (χ0v) is 6.61. The molecule has 2 aliphatic carbocycles. The number of hydrogen-bond acceptors (Lipinski definition) is 3. The first-order chi connectivity index (χ1) is 5.24. The Morgan fingerprint density at radius 1 is 1.36 bits per heavy atom. The minimum atomic E-state index is -0.276. The van der Waals surface area contributed by atoms with Crippen molar-refractivity contribution in [3.63, 3.8) is 0 Å². The van der Waals surface area contributed by atoms with E-state index in [4.69, 9.17) is 11.5 Å². The van der Waals surface area contributed by atoms with Gasteiger partial charge < -0.3 is 16.6 Å². The van der Waals surface area contributed by atoms with Crippen LogP contribution in [-0.4, -0.2) is 23.8 Å². The predicted molar refractivity (Wildman–Crippen MR) is 42.7 cm³/mol. The number of aliphatic hydroxyl groups excluding tert-OH is 1. The molecule has 0 spiro atoms. The third-order valence-electron chi connectivity index (χ3n) is 3.47. The van der Waals surface area contributed by atoms with Gasteiger partial charge in [0.1, 0.15) is 0 Å². The summed E-state index contributed by atoms with van der Waals surface area (Å²) in [6, 6.07) is 0.0304. The maximum atomic E-state index is 9.61. The molecule has 2 aliphatic rings. The summed E-state index contributed by atoms with van der Waals surface area (Å²) < 4.78 is 0. The van der Waals surface area contributed by atoms with Crippen LogP contribution in [0.25, 0.3) is 0 Å². The molecule has 5 atom stereocenters. The fourth-order valence-electron chi connectivity index (χ4n) is 2.77. The van der Waals surface area contributed by atoms with Crippen LogP contribution in [-0.2, 0) is 0 Å². The van der Waals surface area contributed by atoms with Crippen LogP contribution in [0.5, 0.6) is 0 Å². The van der Waals surface area contributed by atoms with Crippen molar-refractivity contribution in [2.45, 2.75) is 25.0 Å². The third-order valence-corrected chi connectivity index (χ3v) is 3.47. The molecule has 0 aromatic rings. The van der Waals surface area contributed by atoms with E-state index in [1.165, 1.54) is 0 Å². The van der Waals surface area contributed by atoms with E-state index in [0.29, 0.717) is 24.3 Å². The molecule has 0 radical (unpaired) electrons.